The Labute approximate surface area is 170 Å². The van der Waals surface area contributed by atoms with Crippen molar-refractivity contribution in [2.45, 2.75) is 46.7 Å². The Morgan fingerprint density at radius 3 is 2.55 bits per heavy atom. The second-order valence-electron chi connectivity index (χ2n) is 7.54. The Morgan fingerprint density at radius 1 is 1.24 bits per heavy atom. The Morgan fingerprint density at radius 2 is 1.93 bits per heavy atom. The molecule has 4 N–H and O–H groups in total. The molecule has 0 unspecified atom stereocenters. The maximum atomic E-state index is 12.6. The first-order valence-electron chi connectivity index (χ1n) is 10.0. The highest BCUT2D eigenvalue weighted by Crippen LogP contribution is 2.19. The lowest BCUT2D eigenvalue weighted by Crippen LogP contribution is -2.43. The zero-order valence-electron chi connectivity index (χ0n) is 17.4. The van der Waals surface area contributed by atoms with Gasteiger partial charge in [-0.05, 0) is 17.9 Å². The van der Waals surface area contributed by atoms with E-state index in [0.717, 1.165) is 18.4 Å². The number of benzene rings is 1. The summed E-state index contributed by atoms with van der Waals surface area (Å²) in [5.74, 6) is 0.186. The van der Waals surface area contributed by atoms with Crippen molar-refractivity contribution in [3.8, 4) is 0 Å². The van der Waals surface area contributed by atoms with Gasteiger partial charge in [0, 0.05) is 19.6 Å². The number of nitrogen functional groups attached to an aromatic ring is 1. The average molecular weight is 402 g/mol. The van der Waals surface area contributed by atoms with Gasteiger partial charge in [-0.1, -0.05) is 57.5 Å². The van der Waals surface area contributed by atoms with Crippen molar-refractivity contribution in [2.75, 3.05) is 23.7 Å². The molecule has 0 radical (unpaired) electrons. The van der Waals surface area contributed by atoms with Crippen LogP contribution in [0.2, 0.25) is 0 Å². The lowest BCUT2D eigenvalue weighted by atomic mass is 10.2. The van der Waals surface area contributed by atoms with E-state index in [0.29, 0.717) is 25.6 Å². The van der Waals surface area contributed by atoms with Gasteiger partial charge in [0.1, 0.15) is 11.5 Å². The summed E-state index contributed by atoms with van der Waals surface area (Å²) >= 11 is 0. The fraction of sp³-hybridized carbons (Fsp3) is 0.476. The quantitative estimate of drug-likeness (QED) is 0.561. The van der Waals surface area contributed by atoms with Crippen molar-refractivity contribution in [3.05, 3.63) is 56.7 Å². The summed E-state index contributed by atoms with van der Waals surface area (Å²) in [6.45, 7) is 7.25. The van der Waals surface area contributed by atoms with Gasteiger partial charge in [0.2, 0.25) is 5.91 Å². The number of hydrogen-bond acceptors (Lipinski definition) is 5. The second-order valence-corrected chi connectivity index (χ2v) is 7.54. The Kier molecular flexibility index (Phi) is 8.06. The molecule has 0 atom stereocenters. The van der Waals surface area contributed by atoms with Crippen LogP contribution in [0.4, 0.5) is 11.5 Å². The van der Waals surface area contributed by atoms with Crippen LogP contribution in [0, 0.1) is 5.92 Å². The number of H-pyrrole nitrogens is 1. The van der Waals surface area contributed by atoms with E-state index >= 15 is 0 Å². The van der Waals surface area contributed by atoms with Crippen LogP contribution >= 0.6 is 0 Å². The molecular weight excluding hydrogens is 370 g/mol. The second kappa shape index (κ2) is 10.5. The van der Waals surface area contributed by atoms with Crippen molar-refractivity contribution in [1.29, 1.82) is 0 Å². The molecule has 0 saturated carbocycles. The first-order valence-corrected chi connectivity index (χ1v) is 10.0. The third-order valence-electron chi connectivity index (χ3n) is 4.52. The molecule has 8 heteroatoms. The van der Waals surface area contributed by atoms with Crippen LogP contribution in [-0.4, -0.2) is 28.5 Å². The summed E-state index contributed by atoms with van der Waals surface area (Å²) in [7, 11) is 0. The molecule has 0 aliphatic heterocycles. The van der Waals surface area contributed by atoms with Crippen LogP contribution in [0.25, 0.3) is 0 Å². The molecule has 0 bridgehead atoms. The fourth-order valence-corrected chi connectivity index (χ4v) is 2.99. The fourth-order valence-electron chi connectivity index (χ4n) is 2.99. The number of carbonyl (C=O) groups excluding carboxylic acids is 1. The minimum Gasteiger partial charge on any atom is -0.383 e. The molecule has 1 heterocycles. The maximum Gasteiger partial charge on any atom is 0.330 e. The molecule has 0 aliphatic carbocycles. The molecule has 0 fully saturated rings. The van der Waals surface area contributed by atoms with E-state index in [2.05, 4.69) is 10.3 Å². The number of unbranched alkanes of at least 4 members (excludes halogenated alkanes) is 1. The zero-order chi connectivity index (χ0) is 21.4. The minimum atomic E-state index is -0.590. The van der Waals surface area contributed by atoms with Crippen LogP contribution in [-0.2, 0) is 17.9 Å². The number of carbonyl (C=O) groups is 1. The number of nitrogens with two attached hydrogens (primary N) is 1. The number of anilines is 2. The number of aromatic nitrogens is 2. The van der Waals surface area contributed by atoms with Crippen molar-refractivity contribution in [2.24, 2.45) is 5.92 Å². The first kappa shape index (κ1) is 22.3. The van der Waals surface area contributed by atoms with Crippen molar-refractivity contribution in [1.82, 2.24) is 14.9 Å². The van der Waals surface area contributed by atoms with Crippen LogP contribution < -0.4 is 27.2 Å². The Hall–Kier alpha value is -3.03. The molecule has 0 aliphatic rings. The highest BCUT2D eigenvalue weighted by atomic mass is 16.2. The van der Waals surface area contributed by atoms with Crippen molar-refractivity contribution in [3.63, 3.8) is 0 Å². The number of rotatable bonds is 10. The summed E-state index contributed by atoms with van der Waals surface area (Å²) < 4.78 is 1.37. The third-order valence-corrected chi connectivity index (χ3v) is 4.52. The van der Waals surface area contributed by atoms with Gasteiger partial charge < -0.3 is 16.0 Å². The SMILES string of the molecule is CCCCn1c(N)c(N(CC(=O)NCC(C)C)Cc2ccccc2)c(=O)[nH]c1=O. The highest BCUT2D eigenvalue weighted by molar-refractivity contribution is 5.82. The van der Waals surface area contributed by atoms with Gasteiger partial charge in [0.05, 0.1) is 6.54 Å². The smallest absolute Gasteiger partial charge is 0.330 e. The molecule has 0 saturated heterocycles. The van der Waals surface area contributed by atoms with Gasteiger partial charge in [-0.25, -0.2) is 4.79 Å². The molecule has 0 spiro atoms. The van der Waals surface area contributed by atoms with E-state index in [-0.39, 0.29) is 24.0 Å². The topological polar surface area (TPSA) is 113 Å². The van der Waals surface area contributed by atoms with E-state index in [1.165, 1.54) is 4.57 Å². The van der Waals surface area contributed by atoms with E-state index in [4.69, 9.17) is 5.73 Å². The number of hydrogen-bond donors (Lipinski definition) is 3. The monoisotopic (exact) mass is 401 g/mol. The Bertz CT molecular complexity index is 918. The predicted molar refractivity (Wildman–Crippen MR) is 116 cm³/mol. The van der Waals surface area contributed by atoms with Gasteiger partial charge in [0.15, 0.2) is 0 Å². The normalized spacial score (nSPS) is 10.9. The van der Waals surface area contributed by atoms with Crippen molar-refractivity contribution < 1.29 is 4.79 Å². The van der Waals surface area contributed by atoms with E-state index in [9.17, 15) is 14.4 Å². The standard InChI is InChI=1S/C21H31N5O3/c1-4-5-11-26-19(22)18(20(28)24-21(26)29)25(13-16-9-7-6-8-10-16)14-17(27)23-12-15(2)3/h6-10,15H,4-5,11-14,22H2,1-3H3,(H,23,27)(H,24,28,29). The average Bonchev–Trinajstić information content (AvgIpc) is 2.66. The Balaban J connectivity index is 2.42. The van der Waals surface area contributed by atoms with Crippen LogP contribution in [0.1, 0.15) is 39.2 Å². The lowest BCUT2D eigenvalue weighted by Gasteiger charge is -2.26. The van der Waals surface area contributed by atoms with E-state index in [1.807, 2.05) is 51.1 Å². The summed E-state index contributed by atoms with van der Waals surface area (Å²) in [6.07, 6.45) is 1.63. The van der Waals surface area contributed by atoms with Gasteiger partial charge in [-0.15, -0.1) is 0 Å². The third kappa shape index (κ3) is 6.23. The van der Waals surface area contributed by atoms with Gasteiger partial charge >= 0.3 is 5.69 Å². The molecular formula is C21H31N5O3. The summed E-state index contributed by atoms with van der Waals surface area (Å²) in [4.78, 5) is 41.3. The van der Waals surface area contributed by atoms with Crippen LogP contribution in [0.5, 0.6) is 0 Å². The highest BCUT2D eigenvalue weighted by Gasteiger charge is 2.21. The first-order chi connectivity index (χ1) is 13.8. The predicted octanol–water partition coefficient (Wildman–Crippen LogP) is 1.70. The minimum absolute atomic E-state index is 0.0408. The zero-order valence-corrected chi connectivity index (χ0v) is 17.4. The van der Waals surface area contributed by atoms with Crippen molar-refractivity contribution >= 4 is 17.4 Å². The number of nitrogens with zero attached hydrogens (tertiary/aromatic N) is 2. The summed E-state index contributed by atoms with van der Waals surface area (Å²) in [5.41, 5.74) is 6.19. The molecule has 8 nitrogen and oxygen atoms in total. The van der Waals surface area contributed by atoms with Gasteiger partial charge in [0.25, 0.3) is 5.56 Å². The summed E-state index contributed by atoms with van der Waals surface area (Å²) in [6, 6.07) is 9.51. The molecule has 2 rings (SSSR count). The molecule has 1 amide bonds. The number of aromatic amines is 1. The molecule has 1 aromatic carbocycles. The molecule has 29 heavy (non-hydrogen) atoms. The molecule has 2 aromatic rings. The number of amides is 1. The van der Waals surface area contributed by atoms with Gasteiger partial charge in [-0.3, -0.25) is 19.1 Å². The molecule has 1 aromatic heterocycles. The maximum absolute atomic E-state index is 12.6. The van der Waals surface area contributed by atoms with Gasteiger partial charge in [-0.2, -0.15) is 0 Å². The lowest BCUT2D eigenvalue weighted by molar-refractivity contribution is -0.119. The van der Waals surface area contributed by atoms with E-state index in [1.54, 1.807) is 4.90 Å². The largest absolute Gasteiger partial charge is 0.383 e. The summed E-state index contributed by atoms with van der Waals surface area (Å²) in [5, 5.41) is 2.87. The van der Waals surface area contributed by atoms with E-state index < -0.39 is 11.2 Å². The molecule has 158 valence electrons. The number of nitrogens with one attached hydrogen (secondary N) is 2. The van der Waals surface area contributed by atoms with Crippen LogP contribution in [0.15, 0.2) is 39.9 Å². The van der Waals surface area contributed by atoms with Crippen LogP contribution in [0.3, 0.4) is 0 Å².